The molecule has 0 fully saturated rings. The van der Waals surface area contributed by atoms with Gasteiger partial charge in [-0.1, -0.05) is 0 Å². The first-order valence-corrected chi connectivity index (χ1v) is 6.18. The van der Waals surface area contributed by atoms with Gasteiger partial charge in [0.1, 0.15) is 5.82 Å². The predicted molar refractivity (Wildman–Crippen MR) is 73.9 cm³/mol. The molecule has 3 N–H and O–H groups in total. The van der Waals surface area contributed by atoms with Crippen LogP contribution in [0.4, 0.5) is 4.79 Å². The van der Waals surface area contributed by atoms with Gasteiger partial charge in [0.05, 0.1) is 6.42 Å². The van der Waals surface area contributed by atoms with Gasteiger partial charge in [0.25, 0.3) is 6.47 Å². The van der Waals surface area contributed by atoms with E-state index in [1.807, 2.05) is 17.7 Å². The van der Waals surface area contributed by atoms with Crippen LogP contribution in [0.15, 0.2) is 12.4 Å². The van der Waals surface area contributed by atoms with Crippen LogP contribution in [0.1, 0.15) is 12.2 Å². The molecule has 21 heavy (non-hydrogen) atoms. The van der Waals surface area contributed by atoms with Gasteiger partial charge in [0, 0.05) is 39.1 Å². The Morgan fingerprint density at radius 2 is 2.14 bits per heavy atom. The molecule has 0 atom stereocenters. The van der Waals surface area contributed by atoms with Crippen molar-refractivity contribution in [3.8, 4) is 0 Å². The molecule has 0 spiro atoms. The summed E-state index contributed by atoms with van der Waals surface area (Å²) in [4.78, 5) is 35.8. The summed E-state index contributed by atoms with van der Waals surface area (Å²) in [5.41, 5.74) is 0. The van der Waals surface area contributed by atoms with Gasteiger partial charge in [-0.05, 0) is 6.92 Å². The maximum Gasteiger partial charge on any atom is 0.317 e. The molecule has 0 aliphatic heterocycles. The second-order valence-electron chi connectivity index (χ2n) is 4.07. The number of carbonyl (C=O) groups excluding carboxylic acids is 1. The Bertz CT molecular complexity index is 460. The number of aliphatic carboxylic acids is 1. The number of likely N-dealkylation sites (N-methyl/N-ethyl adjacent to an activating group) is 1. The third-order valence-electron chi connectivity index (χ3n) is 2.56. The van der Waals surface area contributed by atoms with E-state index in [2.05, 4.69) is 10.3 Å². The average Bonchev–Trinajstić information content (AvgIpc) is 2.82. The van der Waals surface area contributed by atoms with Crippen LogP contribution in [0.3, 0.4) is 0 Å². The fraction of sp³-hybridized carbons (Fsp3) is 0.500. The molecule has 9 nitrogen and oxygen atoms in total. The number of urea groups is 1. The van der Waals surface area contributed by atoms with Gasteiger partial charge in [-0.3, -0.25) is 9.59 Å². The number of imidazole rings is 1. The lowest BCUT2D eigenvalue weighted by Gasteiger charge is -2.18. The van der Waals surface area contributed by atoms with E-state index in [1.54, 1.807) is 13.2 Å². The second-order valence-corrected chi connectivity index (χ2v) is 4.07. The molecule has 0 saturated heterocycles. The standard InChI is InChI=1S/C11H18N4O3.CH2O2/c1-9-12-5-6-15(9)8-7-14(2)11(18)13-4-3-10(16)17;2-1-3/h5-6H,3-4,7-8H2,1-2H3,(H,13,18)(H,16,17);1H,(H,2,3). The minimum Gasteiger partial charge on any atom is -0.483 e. The largest absolute Gasteiger partial charge is 0.483 e. The maximum atomic E-state index is 11.6. The molecule has 0 bridgehead atoms. The van der Waals surface area contributed by atoms with Crippen molar-refractivity contribution in [1.82, 2.24) is 19.8 Å². The van der Waals surface area contributed by atoms with E-state index < -0.39 is 5.97 Å². The van der Waals surface area contributed by atoms with Gasteiger partial charge in [-0.15, -0.1) is 0 Å². The molecule has 0 unspecified atom stereocenters. The van der Waals surface area contributed by atoms with Crippen molar-refractivity contribution in [3.05, 3.63) is 18.2 Å². The van der Waals surface area contributed by atoms with E-state index in [1.165, 1.54) is 4.90 Å². The molecule has 2 amide bonds. The predicted octanol–water partition coefficient (Wildman–Crippen LogP) is 0.00842. The van der Waals surface area contributed by atoms with E-state index in [9.17, 15) is 9.59 Å². The molecule has 1 heterocycles. The van der Waals surface area contributed by atoms with E-state index in [0.717, 1.165) is 5.82 Å². The molecule has 118 valence electrons. The molecule has 1 rings (SSSR count). The zero-order chi connectivity index (χ0) is 16.3. The highest BCUT2D eigenvalue weighted by atomic mass is 16.4. The highest BCUT2D eigenvalue weighted by molar-refractivity contribution is 5.74. The molecule has 0 aliphatic rings. The zero-order valence-electron chi connectivity index (χ0n) is 12.0. The van der Waals surface area contributed by atoms with Gasteiger partial charge in [0.15, 0.2) is 0 Å². The van der Waals surface area contributed by atoms with Crippen molar-refractivity contribution in [1.29, 1.82) is 0 Å². The fourth-order valence-electron chi connectivity index (χ4n) is 1.41. The van der Waals surface area contributed by atoms with Gasteiger partial charge in [-0.25, -0.2) is 9.78 Å². The van der Waals surface area contributed by atoms with Crippen LogP contribution in [-0.2, 0) is 16.1 Å². The minimum atomic E-state index is -0.924. The topological polar surface area (TPSA) is 125 Å². The third kappa shape index (κ3) is 8.24. The molecule has 0 aliphatic carbocycles. The summed E-state index contributed by atoms with van der Waals surface area (Å²) in [6, 6.07) is -0.269. The molecule has 0 radical (unpaired) electrons. The van der Waals surface area contributed by atoms with E-state index in [-0.39, 0.29) is 25.5 Å². The molecular formula is C12H20N4O5. The maximum absolute atomic E-state index is 11.6. The number of hydrogen-bond donors (Lipinski definition) is 3. The van der Waals surface area contributed by atoms with Crippen molar-refractivity contribution < 1.29 is 24.6 Å². The number of carbonyl (C=O) groups is 3. The van der Waals surface area contributed by atoms with Crippen LogP contribution >= 0.6 is 0 Å². The van der Waals surface area contributed by atoms with Crippen molar-refractivity contribution in [2.24, 2.45) is 0 Å². The summed E-state index contributed by atoms with van der Waals surface area (Å²) in [5.74, 6) is -0.0262. The van der Waals surface area contributed by atoms with Crippen molar-refractivity contribution in [2.45, 2.75) is 19.9 Å². The highest BCUT2D eigenvalue weighted by Crippen LogP contribution is 1.96. The van der Waals surface area contributed by atoms with E-state index >= 15 is 0 Å². The molecule has 0 saturated carbocycles. The number of carboxylic acid groups (broad SMARTS) is 2. The van der Waals surface area contributed by atoms with Crippen molar-refractivity contribution in [2.75, 3.05) is 20.1 Å². The van der Waals surface area contributed by atoms with E-state index in [4.69, 9.17) is 15.0 Å². The second kappa shape index (κ2) is 10.2. The first-order chi connectivity index (χ1) is 9.92. The lowest BCUT2D eigenvalue weighted by atomic mass is 10.4. The van der Waals surface area contributed by atoms with Crippen LogP contribution in [-0.4, -0.2) is 63.3 Å². The Morgan fingerprint density at radius 3 is 2.62 bits per heavy atom. The lowest BCUT2D eigenvalue weighted by molar-refractivity contribution is -0.136. The Hall–Kier alpha value is -2.58. The first kappa shape index (κ1) is 18.4. The number of carboxylic acids is 1. The summed E-state index contributed by atoms with van der Waals surface area (Å²) in [6.45, 7) is 2.99. The smallest absolute Gasteiger partial charge is 0.317 e. The Labute approximate surface area is 122 Å². The monoisotopic (exact) mass is 300 g/mol. The average molecular weight is 300 g/mol. The lowest BCUT2D eigenvalue weighted by Crippen LogP contribution is -2.39. The Morgan fingerprint density at radius 1 is 1.52 bits per heavy atom. The number of aromatic nitrogens is 2. The van der Waals surface area contributed by atoms with Crippen LogP contribution in [0.5, 0.6) is 0 Å². The third-order valence-corrected chi connectivity index (χ3v) is 2.56. The summed E-state index contributed by atoms with van der Waals surface area (Å²) in [7, 11) is 1.67. The van der Waals surface area contributed by atoms with Crippen LogP contribution in [0, 0.1) is 6.92 Å². The number of nitrogens with one attached hydrogen (secondary N) is 1. The summed E-state index contributed by atoms with van der Waals surface area (Å²) < 4.78 is 1.95. The Balaban J connectivity index is 0.00000122. The number of hydrogen-bond acceptors (Lipinski definition) is 4. The molecule has 1 aromatic heterocycles. The fourth-order valence-corrected chi connectivity index (χ4v) is 1.41. The van der Waals surface area contributed by atoms with Crippen LogP contribution in [0.25, 0.3) is 0 Å². The zero-order valence-corrected chi connectivity index (χ0v) is 12.0. The number of rotatable bonds is 6. The Kier molecular flexibility index (Phi) is 8.98. The van der Waals surface area contributed by atoms with Gasteiger partial charge in [0.2, 0.25) is 0 Å². The molecule has 1 aromatic rings. The molecular weight excluding hydrogens is 280 g/mol. The number of aryl methyl sites for hydroxylation is 1. The highest BCUT2D eigenvalue weighted by Gasteiger charge is 2.08. The first-order valence-electron chi connectivity index (χ1n) is 6.18. The number of nitrogens with zero attached hydrogens (tertiary/aromatic N) is 3. The van der Waals surface area contributed by atoms with E-state index in [0.29, 0.717) is 13.1 Å². The van der Waals surface area contributed by atoms with Gasteiger partial charge < -0.3 is 25.0 Å². The van der Waals surface area contributed by atoms with Crippen LogP contribution < -0.4 is 5.32 Å². The van der Waals surface area contributed by atoms with Crippen LogP contribution in [0.2, 0.25) is 0 Å². The number of amides is 2. The van der Waals surface area contributed by atoms with Crippen molar-refractivity contribution in [3.63, 3.8) is 0 Å². The van der Waals surface area contributed by atoms with Gasteiger partial charge in [-0.2, -0.15) is 0 Å². The van der Waals surface area contributed by atoms with Crippen molar-refractivity contribution >= 4 is 18.5 Å². The SMILES string of the molecule is Cc1nccn1CCN(C)C(=O)NCCC(=O)O.O=CO. The summed E-state index contributed by atoms with van der Waals surface area (Å²) in [5, 5.41) is 17.9. The summed E-state index contributed by atoms with van der Waals surface area (Å²) >= 11 is 0. The van der Waals surface area contributed by atoms with Gasteiger partial charge >= 0.3 is 12.0 Å². The quantitative estimate of drug-likeness (QED) is 0.635. The minimum absolute atomic E-state index is 0.0692. The normalized spacial score (nSPS) is 9.24. The summed E-state index contributed by atoms with van der Waals surface area (Å²) in [6.07, 6.45) is 3.49. The molecule has 0 aromatic carbocycles. The molecule has 9 heteroatoms.